The molecular formula is C15H20N4O. The molecule has 0 spiro atoms. The molecule has 0 atom stereocenters. The molecular weight excluding hydrogens is 252 g/mol. The largest absolute Gasteiger partial charge is 0.497 e. The molecule has 2 rings (SSSR count). The lowest BCUT2D eigenvalue weighted by atomic mass is 10.2. The third-order valence-electron chi connectivity index (χ3n) is 2.87. The van der Waals surface area contributed by atoms with E-state index in [-0.39, 0.29) is 0 Å². The van der Waals surface area contributed by atoms with Crippen LogP contribution in [-0.4, -0.2) is 17.1 Å². The van der Waals surface area contributed by atoms with Crippen LogP contribution in [0.25, 0.3) is 0 Å². The molecule has 0 fully saturated rings. The lowest BCUT2D eigenvalue weighted by Crippen LogP contribution is -2.06. The Labute approximate surface area is 119 Å². The van der Waals surface area contributed by atoms with Gasteiger partial charge in [0.15, 0.2) is 0 Å². The number of ether oxygens (including phenoxy) is 1. The summed E-state index contributed by atoms with van der Waals surface area (Å²) >= 11 is 0. The fourth-order valence-electron chi connectivity index (χ4n) is 1.92. The van der Waals surface area contributed by atoms with Crippen molar-refractivity contribution in [1.82, 2.24) is 9.97 Å². The monoisotopic (exact) mass is 272 g/mol. The third kappa shape index (κ3) is 3.85. The van der Waals surface area contributed by atoms with Crippen molar-refractivity contribution in [2.45, 2.75) is 26.3 Å². The van der Waals surface area contributed by atoms with Crippen LogP contribution in [0.4, 0.5) is 11.6 Å². The average molecular weight is 272 g/mol. The van der Waals surface area contributed by atoms with Gasteiger partial charge in [-0.3, -0.25) is 0 Å². The van der Waals surface area contributed by atoms with Gasteiger partial charge in [-0.2, -0.15) is 0 Å². The minimum atomic E-state index is 0.497. The third-order valence-corrected chi connectivity index (χ3v) is 2.87. The van der Waals surface area contributed by atoms with Crippen LogP contribution in [0.3, 0.4) is 0 Å². The van der Waals surface area contributed by atoms with Gasteiger partial charge in [0.1, 0.15) is 23.2 Å². The van der Waals surface area contributed by atoms with Crippen molar-refractivity contribution >= 4 is 11.6 Å². The fourth-order valence-corrected chi connectivity index (χ4v) is 1.92. The highest BCUT2D eigenvalue weighted by Crippen LogP contribution is 2.15. The summed E-state index contributed by atoms with van der Waals surface area (Å²) in [6, 6.07) is 9.66. The van der Waals surface area contributed by atoms with Crippen molar-refractivity contribution < 1.29 is 4.74 Å². The number of hydrogen-bond acceptors (Lipinski definition) is 5. The lowest BCUT2D eigenvalue weighted by molar-refractivity contribution is 0.414. The van der Waals surface area contributed by atoms with Crippen LogP contribution >= 0.6 is 0 Å². The number of benzene rings is 1. The molecule has 0 aliphatic rings. The van der Waals surface area contributed by atoms with Crippen LogP contribution in [0.1, 0.15) is 24.7 Å². The Morgan fingerprint density at radius 1 is 1.25 bits per heavy atom. The van der Waals surface area contributed by atoms with Crippen molar-refractivity contribution in [3.63, 3.8) is 0 Å². The lowest BCUT2D eigenvalue weighted by Gasteiger charge is -2.09. The molecule has 0 radical (unpaired) electrons. The number of anilines is 2. The Kier molecular flexibility index (Phi) is 4.76. The Bertz CT molecular complexity index is 572. The Balaban J connectivity index is 2.06. The molecule has 106 valence electrons. The van der Waals surface area contributed by atoms with Crippen molar-refractivity contribution in [3.8, 4) is 5.75 Å². The summed E-state index contributed by atoms with van der Waals surface area (Å²) in [5, 5.41) is 3.27. The summed E-state index contributed by atoms with van der Waals surface area (Å²) in [7, 11) is 1.66. The highest BCUT2D eigenvalue weighted by molar-refractivity contribution is 5.45. The Hall–Kier alpha value is -2.30. The molecule has 2 aromatic rings. The average Bonchev–Trinajstić information content (AvgIpc) is 2.45. The highest BCUT2D eigenvalue weighted by atomic mass is 16.5. The second kappa shape index (κ2) is 6.75. The first-order valence-electron chi connectivity index (χ1n) is 6.71. The van der Waals surface area contributed by atoms with Gasteiger partial charge < -0.3 is 15.8 Å². The summed E-state index contributed by atoms with van der Waals surface area (Å²) in [4.78, 5) is 8.66. The zero-order chi connectivity index (χ0) is 14.4. The van der Waals surface area contributed by atoms with Gasteiger partial charge in [-0.15, -0.1) is 0 Å². The maximum Gasteiger partial charge on any atom is 0.133 e. The summed E-state index contributed by atoms with van der Waals surface area (Å²) in [6.45, 7) is 2.76. The number of nitrogens with two attached hydrogens (primary N) is 1. The second-order valence-electron chi connectivity index (χ2n) is 4.55. The number of methoxy groups -OCH3 is 1. The predicted octanol–water partition coefficient (Wildman–Crippen LogP) is 2.63. The Morgan fingerprint density at radius 2 is 2.10 bits per heavy atom. The number of nitrogen functional groups attached to an aromatic ring is 1. The molecule has 20 heavy (non-hydrogen) atoms. The molecule has 0 aliphatic heterocycles. The van der Waals surface area contributed by atoms with Crippen molar-refractivity contribution in [2.24, 2.45) is 0 Å². The molecule has 0 aliphatic carbocycles. The molecule has 0 saturated heterocycles. The van der Waals surface area contributed by atoms with Gasteiger partial charge in [0.25, 0.3) is 0 Å². The number of nitrogens with one attached hydrogen (secondary N) is 1. The SMILES string of the molecule is CCCc1nc(N)cc(NCc2cccc(OC)c2)n1. The number of hydrogen-bond donors (Lipinski definition) is 2. The molecule has 5 nitrogen and oxygen atoms in total. The summed E-state index contributed by atoms with van der Waals surface area (Å²) < 4.78 is 5.20. The van der Waals surface area contributed by atoms with E-state index in [1.54, 1.807) is 13.2 Å². The van der Waals surface area contributed by atoms with Crippen LogP contribution in [0.5, 0.6) is 5.75 Å². The first-order chi connectivity index (χ1) is 9.71. The summed E-state index contributed by atoms with van der Waals surface area (Å²) in [5.41, 5.74) is 6.92. The van der Waals surface area contributed by atoms with Crippen LogP contribution in [0, 0.1) is 0 Å². The fraction of sp³-hybridized carbons (Fsp3) is 0.333. The maximum atomic E-state index is 5.79. The standard InChI is InChI=1S/C15H20N4O/c1-3-5-14-18-13(16)9-15(19-14)17-10-11-6-4-7-12(8-11)20-2/h4,6-9H,3,5,10H2,1-2H3,(H3,16,17,18,19). The van der Waals surface area contributed by atoms with E-state index in [0.717, 1.165) is 35.8 Å². The van der Waals surface area contributed by atoms with E-state index in [1.807, 2.05) is 24.3 Å². The number of aromatic nitrogens is 2. The number of rotatable bonds is 6. The zero-order valence-electron chi connectivity index (χ0n) is 11.9. The molecule has 1 heterocycles. The van der Waals surface area contributed by atoms with Gasteiger partial charge in [-0.25, -0.2) is 9.97 Å². The molecule has 0 amide bonds. The van der Waals surface area contributed by atoms with E-state index in [2.05, 4.69) is 22.2 Å². The van der Waals surface area contributed by atoms with Crippen molar-refractivity contribution in [2.75, 3.05) is 18.2 Å². The molecule has 3 N–H and O–H groups in total. The zero-order valence-corrected chi connectivity index (χ0v) is 11.9. The molecule has 0 saturated carbocycles. The van der Waals surface area contributed by atoms with E-state index in [1.165, 1.54) is 0 Å². The van der Waals surface area contributed by atoms with Crippen LogP contribution in [0.2, 0.25) is 0 Å². The van der Waals surface area contributed by atoms with Gasteiger partial charge in [0.05, 0.1) is 7.11 Å². The van der Waals surface area contributed by atoms with Gasteiger partial charge in [-0.05, 0) is 24.1 Å². The minimum Gasteiger partial charge on any atom is -0.497 e. The van der Waals surface area contributed by atoms with Crippen molar-refractivity contribution in [3.05, 3.63) is 41.7 Å². The first-order valence-corrected chi connectivity index (χ1v) is 6.71. The normalized spacial score (nSPS) is 10.3. The smallest absolute Gasteiger partial charge is 0.133 e. The summed E-state index contributed by atoms with van der Waals surface area (Å²) in [5.74, 6) is 2.87. The topological polar surface area (TPSA) is 73.1 Å². The molecule has 1 aromatic carbocycles. The minimum absolute atomic E-state index is 0.497. The molecule has 5 heteroatoms. The van der Waals surface area contributed by atoms with Crippen LogP contribution in [-0.2, 0) is 13.0 Å². The first kappa shape index (κ1) is 14.1. The van der Waals surface area contributed by atoms with E-state index >= 15 is 0 Å². The highest BCUT2D eigenvalue weighted by Gasteiger charge is 2.02. The van der Waals surface area contributed by atoms with Gasteiger partial charge in [-0.1, -0.05) is 19.1 Å². The second-order valence-corrected chi connectivity index (χ2v) is 4.55. The predicted molar refractivity (Wildman–Crippen MR) is 80.8 cm³/mol. The van der Waals surface area contributed by atoms with Crippen molar-refractivity contribution in [1.29, 1.82) is 0 Å². The maximum absolute atomic E-state index is 5.79. The number of nitrogens with zero attached hydrogens (tertiary/aromatic N) is 2. The Morgan fingerprint density at radius 3 is 2.85 bits per heavy atom. The van der Waals surface area contributed by atoms with Gasteiger partial charge in [0.2, 0.25) is 0 Å². The van der Waals surface area contributed by atoms with Crippen LogP contribution < -0.4 is 15.8 Å². The summed E-state index contributed by atoms with van der Waals surface area (Å²) in [6.07, 6.45) is 1.83. The molecule has 0 bridgehead atoms. The van der Waals surface area contributed by atoms with E-state index in [9.17, 15) is 0 Å². The van der Waals surface area contributed by atoms with Gasteiger partial charge >= 0.3 is 0 Å². The van der Waals surface area contributed by atoms with Crippen LogP contribution in [0.15, 0.2) is 30.3 Å². The molecule has 1 aromatic heterocycles. The van der Waals surface area contributed by atoms with Gasteiger partial charge in [0, 0.05) is 19.0 Å². The quantitative estimate of drug-likeness (QED) is 0.845. The molecule has 0 unspecified atom stereocenters. The van der Waals surface area contributed by atoms with E-state index < -0.39 is 0 Å². The number of aryl methyl sites for hydroxylation is 1. The van der Waals surface area contributed by atoms with E-state index in [4.69, 9.17) is 10.5 Å². The van der Waals surface area contributed by atoms with E-state index in [0.29, 0.717) is 12.4 Å².